The Kier molecular flexibility index (Phi) is 4.79. The summed E-state index contributed by atoms with van der Waals surface area (Å²) >= 11 is 6.08. The lowest BCUT2D eigenvalue weighted by Gasteiger charge is -2.20. The molecule has 20 heavy (non-hydrogen) atoms. The summed E-state index contributed by atoms with van der Waals surface area (Å²) in [7, 11) is 0. The van der Waals surface area contributed by atoms with E-state index in [-0.39, 0.29) is 11.9 Å². The highest BCUT2D eigenvalue weighted by Gasteiger charge is 2.15. The predicted octanol–water partition coefficient (Wildman–Crippen LogP) is 4.79. The van der Waals surface area contributed by atoms with Gasteiger partial charge in [-0.3, -0.25) is 0 Å². The Morgan fingerprint density at radius 1 is 1.10 bits per heavy atom. The summed E-state index contributed by atoms with van der Waals surface area (Å²) in [6, 6.07) is 11.6. The van der Waals surface area contributed by atoms with Crippen molar-refractivity contribution in [3.63, 3.8) is 0 Å². The van der Waals surface area contributed by atoms with Crippen LogP contribution in [0.15, 0.2) is 36.4 Å². The molecule has 0 spiro atoms. The fourth-order valence-corrected chi connectivity index (χ4v) is 2.66. The number of hydrogen-bond acceptors (Lipinski definition) is 1. The van der Waals surface area contributed by atoms with Crippen LogP contribution in [0.5, 0.6) is 0 Å². The van der Waals surface area contributed by atoms with E-state index in [4.69, 9.17) is 11.6 Å². The molecule has 3 heteroatoms. The average Bonchev–Trinajstić information content (AvgIpc) is 2.41. The first-order valence-corrected chi connectivity index (χ1v) is 7.16. The molecular weight excluding hydrogens is 273 g/mol. The van der Waals surface area contributed by atoms with E-state index in [1.54, 1.807) is 13.8 Å². The van der Waals surface area contributed by atoms with Crippen LogP contribution in [0.3, 0.4) is 0 Å². The minimum absolute atomic E-state index is 0.0247. The van der Waals surface area contributed by atoms with E-state index < -0.39 is 0 Å². The Morgan fingerprint density at radius 2 is 1.75 bits per heavy atom. The zero-order chi connectivity index (χ0) is 14.7. The Bertz CT molecular complexity index is 587. The minimum Gasteiger partial charge on any atom is -0.307 e. The summed E-state index contributed by atoms with van der Waals surface area (Å²) in [5, 5.41) is 4.14. The van der Waals surface area contributed by atoms with Crippen LogP contribution in [0.25, 0.3) is 0 Å². The second kappa shape index (κ2) is 6.38. The maximum absolute atomic E-state index is 13.8. The summed E-state index contributed by atoms with van der Waals surface area (Å²) in [4.78, 5) is 0. The minimum atomic E-state index is -0.130. The molecular formula is C17H19ClFN. The zero-order valence-corrected chi connectivity index (χ0v) is 12.8. The van der Waals surface area contributed by atoms with Crippen molar-refractivity contribution in [1.29, 1.82) is 0 Å². The van der Waals surface area contributed by atoms with Crippen molar-refractivity contribution >= 4 is 11.6 Å². The molecule has 0 saturated carbocycles. The van der Waals surface area contributed by atoms with Crippen LogP contribution < -0.4 is 5.32 Å². The quantitative estimate of drug-likeness (QED) is 0.853. The van der Waals surface area contributed by atoms with Crippen LogP contribution in [0.1, 0.15) is 35.2 Å². The lowest BCUT2D eigenvalue weighted by atomic mass is 9.95. The Morgan fingerprint density at radius 3 is 2.30 bits per heavy atom. The first-order chi connectivity index (χ1) is 9.52. The van der Waals surface area contributed by atoms with Crippen LogP contribution in [0, 0.1) is 19.7 Å². The fourth-order valence-electron chi connectivity index (χ4n) is 2.46. The van der Waals surface area contributed by atoms with Gasteiger partial charge in [-0.25, -0.2) is 4.39 Å². The van der Waals surface area contributed by atoms with Crippen LogP contribution in [0.4, 0.5) is 4.39 Å². The van der Waals surface area contributed by atoms with E-state index in [0.717, 1.165) is 17.7 Å². The van der Waals surface area contributed by atoms with Crippen LogP contribution in [-0.2, 0) is 0 Å². The van der Waals surface area contributed by atoms with Gasteiger partial charge >= 0.3 is 0 Å². The van der Waals surface area contributed by atoms with Gasteiger partial charge in [-0.2, -0.15) is 0 Å². The molecule has 2 aromatic rings. The number of nitrogens with one attached hydrogen (secondary N) is 1. The van der Waals surface area contributed by atoms with Gasteiger partial charge in [0, 0.05) is 5.02 Å². The third kappa shape index (κ3) is 3.20. The Hall–Kier alpha value is -1.38. The predicted molar refractivity (Wildman–Crippen MR) is 82.8 cm³/mol. The molecule has 0 heterocycles. The fraction of sp³-hybridized carbons (Fsp3) is 0.294. The molecule has 1 nitrogen and oxygen atoms in total. The van der Waals surface area contributed by atoms with E-state index in [9.17, 15) is 4.39 Å². The standard InChI is InChI=1S/C17H19ClFN/c1-4-20-17(13-6-5-7-15(18)10-13)14-8-11(2)16(19)12(3)9-14/h5-10,17,20H,4H2,1-3H3. The van der Waals surface area contributed by atoms with Crippen LogP contribution in [-0.4, -0.2) is 6.54 Å². The number of aryl methyl sites for hydroxylation is 2. The molecule has 0 aliphatic carbocycles. The van der Waals surface area contributed by atoms with Gasteiger partial charge in [0.2, 0.25) is 0 Å². The molecule has 0 bridgehead atoms. The molecule has 1 atom stereocenters. The van der Waals surface area contributed by atoms with Crippen molar-refractivity contribution in [3.8, 4) is 0 Å². The van der Waals surface area contributed by atoms with Crippen molar-refractivity contribution in [3.05, 3.63) is 69.5 Å². The zero-order valence-electron chi connectivity index (χ0n) is 12.0. The summed E-state index contributed by atoms with van der Waals surface area (Å²) in [5.74, 6) is -0.130. The van der Waals surface area contributed by atoms with Crippen molar-refractivity contribution < 1.29 is 4.39 Å². The molecule has 106 valence electrons. The molecule has 0 aliphatic heterocycles. The van der Waals surface area contributed by atoms with E-state index in [1.165, 1.54) is 0 Å². The second-order valence-corrected chi connectivity index (χ2v) is 5.45. The number of benzene rings is 2. The lowest BCUT2D eigenvalue weighted by Crippen LogP contribution is -2.22. The Labute approximate surface area is 124 Å². The monoisotopic (exact) mass is 291 g/mol. The topological polar surface area (TPSA) is 12.0 Å². The van der Waals surface area contributed by atoms with E-state index in [1.807, 2.05) is 36.4 Å². The molecule has 0 fully saturated rings. The molecule has 0 aromatic heterocycles. The van der Waals surface area contributed by atoms with Gasteiger partial charge in [-0.05, 0) is 54.8 Å². The highest BCUT2D eigenvalue weighted by molar-refractivity contribution is 6.30. The summed E-state index contributed by atoms with van der Waals surface area (Å²) in [5.41, 5.74) is 3.49. The van der Waals surface area contributed by atoms with Gasteiger partial charge in [-0.15, -0.1) is 0 Å². The lowest BCUT2D eigenvalue weighted by molar-refractivity contribution is 0.598. The smallest absolute Gasteiger partial charge is 0.129 e. The van der Waals surface area contributed by atoms with E-state index in [2.05, 4.69) is 12.2 Å². The van der Waals surface area contributed by atoms with Gasteiger partial charge in [0.15, 0.2) is 0 Å². The van der Waals surface area contributed by atoms with Gasteiger partial charge in [0.25, 0.3) is 0 Å². The van der Waals surface area contributed by atoms with Crippen LogP contribution >= 0.6 is 11.6 Å². The van der Waals surface area contributed by atoms with Crippen molar-refractivity contribution in [1.82, 2.24) is 5.32 Å². The van der Waals surface area contributed by atoms with Gasteiger partial charge < -0.3 is 5.32 Å². The average molecular weight is 292 g/mol. The Balaban J connectivity index is 2.48. The molecule has 0 amide bonds. The van der Waals surface area contributed by atoms with E-state index >= 15 is 0 Å². The highest BCUT2D eigenvalue weighted by atomic mass is 35.5. The third-order valence-corrected chi connectivity index (χ3v) is 3.62. The van der Waals surface area contributed by atoms with Crippen molar-refractivity contribution in [2.24, 2.45) is 0 Å². The highest BCUT2D eigenvalue weighted by Crippen LogP contribution is 2.27. The molecule has 0 radical (unpaired) electrons. The summed E-state index contributed by atoms with van der Waals surface area (Å²) < 4.78 is 13.8. The maximum atomic E-state index is 13.8. The van der Waals surface area contributed by atoms with Gasteiger partial charge in [0.05, 0.1) is 6.04 Å². The first-order valence-electron chi connectivity index (χ1n) is 6.78. The first kappa shape index (κ1) is 15.0. The number of halogens is 2. The second-order valence-electron chi connectivity index (χ2n) is 5.01. The molecule has 1 unspecified atom stereocenters. The third-order valence-electron chi connectivity index (χ3n) is 3.38. The van der Waals surface area contributed by atoms with Crippen LogP contribution in [0.2, 0.25) is 5.02 Å². The molecule has 1 N–H and O–H groups in total. The summed E-state index contributed by atoms with van der Waals surface area (Å²) in [6.45, 7) is 6.48. The van der Waals surface area contributed by atoms with E-state index in [0.29, 0.717) is 16.1 Å². The molecule has 0 aliphatic rings. The molecule has 0 saturated heterocycles. The SMILES string of the molecule is CCNC(c1cccc(Cl)c1)c1cc(C)c(F)c(C)c1. The normalized spacial score (nSPS) is 12.4. The largest absolute Gasteiger partial charge is 0.307 e. The number of rotatable bonds is 4. The number of hydrogen-bond donors (Lipinski definition) is 1. The van der Waals surface area contributed by atoms with Crippen molar-refractivity contribution in [2.45, 2.75) is 26.8 Å². The summed E-state index contributed by atoms with van der Waals surface area (Å²) in [6.07, 6.45) is 0. The molecule has 2 aromatic carbocycles. The van der Waals surface area contributed by atoms with Crippen molar-refractivity contribution in [2.75, 3.05) is 6.54 Å². The molecule has 2 rings (SSSR count). The maximum Gasteiger partial charge on any atom is 0.129 e. The van der Waals surface area contributed by atoms with Gasteiger partial charge in [-0.1, -0.05) is 42.8 Å². The van der Waals surface area contributed by atoms with Gasteiger partial charge in [0.1, 0.15) is 5.82 Å².